The van der Waals surface area contributed by atoms with E-state index in [1.807, 2.05) is 31.2 Å². The Bertz CT molecular complexity index is 481. The molecule has 0 bridgehead atoms. The highest BCUT2D eigenvalue weighted by molar-refractivity contribution is 5.92. The Kier molecular flexibility index (Phi) is 6.33. The Labute approximate surface area is 114 Å². The van der Waals surface area contributed by atoms with Crippen molar-refractivity contribution in [2.75, 3.05) is 0 Å². The highest BCUT2D eigenvalue weighted by atomic mass is 16.1. The molecule has 0 aromatic heterocycles. The number of nitrogens with two attached hydrogens (primary N) is 2. The molecule has 0 heterocycles. The molecule has 0 aliphatic rings. The Morgan fingerprint density at radius 3 is 1.84 bits per heavy atom. The number of rotatable bonds is 3. The molecule has 0 aliphatic heterocycles. The predicted octanol–water partition coefficient (Wildman–Crippen LogP) is 2.36. The molecule has 1 amide bonds. The summed E-state index contributed by atoms with van der Waals surface area (Å²) in [7, 11) is 0. The van der Waals surface area contributed by atoms with E-state index in [9.17, 15) is 4.79 Å². The van der Waals surface area contributed by atoms with Crippen molar-refractivity contribution in [1.29, 1.82) is 0 Å². The van der Waals surface area contributed by atoms with E-state index >= 15 is 0 Å². The minimum Gasteiger partial charge on any atom is -0.366 e. The lowest BCUT2D eigenvalue weighted by atomic mass is 10.1. The number of benzene rings is 2. The summed E-state index contributed by atoms with van der Waals surface area (Å²) in [5.74, 6) is -0.379. The van der Waals surface area contributed by atoms with Gasteiger partial charge in [-0.1, -0.05) is 48.5 Å². The van der Waals surface area contributed by atoms with Gasteiger partial charge in [-0.2, -0.15) is 0 Å². The smallest absolute Gasteiger partial charge is 0.248 e. The van der Waals surface area contributed by atoms with Crippen molar-refractivity contribution in [2.45, 2.75) is 19.4 Å². The molecule has 2 rings (SSSR count). The van der Waals surface area contributed by atoms with Crippen molar-refractivity contribution < 1.29 is 4.79 Å². The van der Waals surface area contributed by atoms with Crippen molar-refractivity contribution in [3.05, 3.63) is 71.8 Å². The fraction of sp³-hybridized carbons (Fsp3) is 0.188. The molecule has 3 heteroatoms. The third kappa shape index (κ3) is 6.38. The molecule has 0 unspecified atom stereocenters. The van der Waals surface area contributed by atoms with Gasteiger partial charge in [0.2, 0.25) is 5.91 Å². The molecule has 0 fully saturated rings. The van der Waals surface area contributed by atoms with Crippen molar-refractivity contribution in [1.82, 2.24) is 0 Å². The zero-order valence-electron chi connectivity index (χ0n) is 11.1. The standard InChI is InChI=1S/C9H13N.C7H7NO/c1-8(10)7-9-5-3-2-4-6-9;8-7(9)6-4-2-1-3-5-6/h2-6,8H,7,10H2,1H3;1-5H,(H2,8,9)/t8-;/m0./s1. The average molecular weight is 256 g/mol. The van der Waals surface area contributed by atoms with Crippen LogP contribution in [-0.2, 0) is 6.42 Å². The van der Waals surface area contributed by atoms with Gasteiger partial charge < -0.3 is 11.5 Å². The van der Waals surface area contributed by atoms with Gasteiger partial charge in [-0.25, -0.2) is 0 Å². The second kappa shape index (κ2) is 8.06. The first kappa shape index (κ1) is 14.9. The van der Waals surface area contributed by atoms with Crippen LogP contribution in [0.4, 0.5) is 0 Å². The van der Waals surface area contributed by atoms with Crippen molar-refractivity contribution in [3.63, 3.8) is 0 Å². The third-order valence-corrected chi connectivity index (χ3v) is 2.46. The summed E-state index contributed by atoms with van der Waals surface area (Å²) in [6.45, 7) is 2.02. The van der Waals surface area contributed by atoms with E-state index in [-0.39, 0.29) is 11.9 Å². The summed E-state index contributed by atoms with van der Waals surface area (Å²) in [6, 6.07) is 19.3. The minimum absolute atomic E-state index is 0.266. The van der Waals surface area contributed by atoms with Gasteiger partial charge in [0.1, 0.15) is 0 Å². The first-order valence-electron chi connectivity index (χ1n) is 6.24. The molecular formula is C16H20N2O. The molecule has 4 N–H and O–H groups in total. The van der Waals surface area contributed by atoms with E-state index in [1.165, 1.54) is 5.56 Å². The maximum atomic E-state index is 10.4. The van der Waals surface area contributed by atoms with Gasteiger partial charge in [-0.05, 0) is 31.0 Å². The Hall–Kier alpha value is -2.13. The minimum atomic E-state index is -0.379. The Morgan fingerprint density at radius 2 is 1.47 bits per heavy atom. The lowest BCUT2D eigenvalue weighted by Gasteiger charge is -2.02. The molecule has 3 nitrogen and oxygen atoms in total. The molecule has 0 radical (unpaired) electrons. The molecule has 19 heavy (non-hydrogen) atoms. The molecule has 2 aromatic rings. The van der Waals surface area contributed by atoms with E-state index in [1.54, 1.807) is 24.3 Å². The lowest BCUT2D eigenvalue weighted by molar-refractivity contribution is 0.100. The molecule has 2 aromatic carbocycles. The van der Waals surface area contributed by atoms with Gasteiger partial charge in [-0.15, -0.1) is 0 Å². The van der Waals surface area contributed by atoms with Gasteiger partial charge in [-0.3, -0.25) is 4.79 Å². The summed E-state index contributed by atoms with van der Waals surface area (Å²) in [6.07, 6.45) is 0.973. The highest BCUT2D eigenvalue weighted by Gasteiger charge is 1.94. The summed E-state index contributed by atoms with van der Waals surface area (Å²) in [5.41, 5.74) is 12.5. The monoisotopic (exact) mass is 256 g/mol. The van der Waals surface area contributed by atoms with Crippen LogP contribution in [0.25, 0.3) is 0 Å². The van der Waals surface area contributed by atoms with E-state index in [2.05, 4.69) is 12.1 Å². The quantitative estimate of drug-likeness (QED) is 0.885. The van der Waals surface area contributed by atoms with Gasteiger partial charge in [0.05, 0.1) is 0 Å². The maximum Gasteiger partial charge on any atom is 0.248 e. The predicted molar refractivity (Wildman–Crippen MR) is 78.8 cm³/mol. The van der Waals surface area contributed by atoms with Crippen molar-refractivity contribution in [3.8, 4) is 0 Å². The van der Waals surface area contributed by atoms with Crippen molar-refractivity contribution >= 4 is 5.91 Å². The largest absolute Gasteiger partial charge is 0.366 e. The SMILES string of the molecule is C[C@H](N)Cc1ccccc1.NC(=O)c1ccccc1. The third-order valence-electron chi connectivity index (χ3n) is 2.46. The number of amides is 1. The fourth-order valence-corrected chi connectivity index (χ4v) is 1.59. The Balaban J connectivity index is 0.000000191. The number of primary amides is 1. The molecule has 0 saturated carbocycles. The fourth-order valence-electron chi connectivity index (χ4n) is 1.59. The van der Waals surface area contributed by atoms with Crippen LogP contribution in [0.2, 0.25) is 0 Å². The normalized spacial score (nSPS) is 11.1. The van der Waals surface area contributed by atoms with Gasteiger partial charge in [0, 0.05) is 11.6 Å². The number of carbonyl (C=O) groups is 1. The summed E-state index contributed by atoms with van der Waals surface area (Å²) in [5, 5.41) is 0. The van der Waals surface area contributed by atoms with E-state index in [0.29, 0.717) is 5.56 Å². The van der Waals surface area contributed by atoms with Crippen molar-refractivity contribution in [2.24, 2.45) is 11.5 Å². The first-order valence-corrected chi connectivity index (χ1v) is 6.24. The van der Waals surface area contributed by atoms with Gasteiger partial charge in [0.25, 0.3) is 0 Å². The highest BCUT2D eigenvalue weighted by Crippen LogP contribution is 2.00. The van der Waals surface area contributed by atoms with E-state index in [4.69, 9.17) is 11.5 Å². The molecule has 100 valence electrons. The van der Waals surface area contributed by atoms with Crippen LogP contribution in [0.1, 0.15) is 22.8 Å². The maximum absolute atomic E-state index is 10.4. The van der Waals surface area contributed by atoms with E-state index < -0.39 is 0 Å². The Morgan fingerprint density at radius 1 is 1.00 bits per heavy atom. The average Bonchev–Trinajstić information content (AvgIpc) is 2.41. The zero-order valence-corrected chi connectivity index (χ0v) is 11.1. The lowest BCUT2D eigenvalue weighted by Crippen LogP contribution is -2.17. The summed E-state index contributed by atoms with van der Waals surface area (Å²) >= 11 is 0. The van der Waals surface area contributed by atoms with Gasteiger partial charge >= 0.3 is 0 Å². The topological polar surface area (TPSA) is 69.1 Å². The first-order chi connectivity index (χ1) is 9.09. The zero-order chi connectivity index (χ0) is 14.1. The number of hydrogen-bond acceptors (Lipinski definition) is 2. The number of hydrogen-bond donors (Lipinski definition) is 2. The second-order valence-electron chi connectivity index (χ2n) is 4.40. The van der Waals surface area contributed by atoms with Crippen LogP contribution in [-0.4, -0.2) is 11.9 Å². The number of carbonyl (C=O) groups excluding carboxylic acids is 1. The van der Waals surface area contributed by atoms with Crippen LogP contribution in [0.5, 0.6) is 0 Å². The summed E-state index contributed by atoms with van der Waals surface area (Å²) in [4.78, 5) is 10.4. The van der Waals surface area contributed by atoms with E-state index in [0.717, 1.165) is 6.42 Å². The van der Waals surface area contributed by atoms with Crippen LogP contribution < -0.4 is 11.5 Å². The molecule has 0 saturated heterocycles. The molecule has 1 atom stereocenters. The van der Waals surface area contributed by atoms with Crippen LogP contribution in [0.15, 0.2) is 60.7 Å². The van der Waals surface area contributed by atoms with Crippen LogP contribution in [0, 0.1) is 0 Å². The molecule has 0 aliphatic carbocycles. The second-order valence-corrected chi connectivity index (χ2v) is 4.40. The van der Waals surface area contributed by atoms with Crippen LogP contribution >= 0.6 is 0 Å². The van der Waals surface area contributed by atoms with Gasteiger partial charge in [0.15, 0.2) is 0 Å². The van der Waals surface area contributed by atoms with Crippen LogP contribution in [0.3, 0.4) is 0 Å². The summed E-state index contributed by atoms with van der Waals surface area (Å²) < 4.78 is 0. The molecule has 0 spiro atoms. The molecular weight excluding hydrogens is 236 g/mol.